The summed E-state index contributed by atoms with van der Waals surface area (Å²) in [7, 11) is 1.91. The Morgan fingerprint density at radius 3 is 2.33 bits per heavy atom. The molecule has 0 aliphatic carbocycles. The molecule has 0 aliphatic heterocycles. The maximum atomic E-state index is 13.5. The molecule has 2 nitrogen and oxygen atoms in total. The van der Waals surface area contributed by atoms with Gasteiger partial charge in [-0.2, -0.15) is 0 Å². The van der Waals surface area contributed by atoms with Gasteiger partial charge in [0.05, 0.1) is 6.10 Å². The molecule has 102 valence electrons. The van der Waals surface area contributed by atoms with Crippen molar-refractivity contribution in [3.8, 4) is 0 Å². The highest BCUT2D eigenvalue weighted by atomic mass is 19.1. The molecule has 1 aromatic rings. The van der Waals surface area contributed by atoms with E-state index in [2.05, 4.69) is 13.8 Å². The molecule has 1 atom stereocenters. The molecule has 0 radical (unpaired) electrons. The van der Waals surface area contributed by atoms with E-state index in [-0.39, 0.29) is 5.56 Å². The molecule has 18 heavy (non-hydrogen) atoms. The summed E-state index contributed by atoms with van der Waals surface area (Å²) in [6, 6.07) is 3.63. The summed E-state index contributed by atoms with van der Waals surface area (Å²) >= 11 is 0. The van der Waals surface area contributed by atoms with Crippen LogP contribution in [-0.4, -0.2) is 29.6 Å². The Hall–Kier alpha value is -1.00. The van der Waals surface area contributed by atoms with E-state index >= 15 is 0 Å². The lowest BCUT2D eigenvalue weighted by molar-refractivity contribution is 0.0986. The number of nitrogens with zero attached hydrogens (tertiary/aromatic N) is 1. The van der Waals surface area contributed by atoms with Crippen molar-refractivity contribution >= 4 is 0 Å². The van der Waals surface area contributed by atoms with Gasteiger partial charge in [0.25, 0.3) is 0 Å². The van der Waals surface area contributed by atoms with Crippen LogP contribution in [0.4, 0.5) is 8.78 Å². The van der Waals surface area contributed by atoms with Gasteiger partial charge in [0.1, 0.15) is 11.6 Å². The molecule has 0 fully saturated rings. The molecule has 4 heteroatoms. The monoisotopic (exact) mass is 257 g/mol. The maximum Gasteiger partial charge on any atom is 0.131 e. The molecule has 0 saturated heterocycles. The van der Waals surface area contributed by atoms with Gasteiger partial charge in [-0.1, -0.05) is 19.9 Å². The van der Waals surface area contributed by atoms with Gasteiger partial charge >= 0.3 is 0 Å². The molecule has 1 unspecified atom stereocenters. The Balaban J connectivity index is 2.72. The standard InChI is InChI=1S/C14H21F2NO/c1-4-11(5-2)17(3)9-14(18)12-7-6-10(15)8-13(12)16/h6-8,11,14,18H,4-5,9H2,1-3H3. The molecule has 0 aromatic heterocycles. The highest BCUT2D eigenvalue weighted by Crippen LogP contribution is 2.20. The molecule has 1 N–H and O–H groups in total. The second kappa shape index (κ2) is 6.81. The van der Waals surface area contributed by atoms with Gasteiger partial charge in [-0.25, -0.2) is 8.78 Å². The van der Waals surface area contributed by atoms with Crippen LogP contribution in [-0.2, 0) is 0 Å². The normalized spacial score (nSPS) is 13.3. The van der Waals surface area contributed by atoms with E-state index < -0.39 is 17.7 Å². The van der Waals surface area contributed by atoms with Crippen LogP contribution in [0, 0.1) is 11.6 Å². The van der Waals surface area contributed by atoms with Gasteiger partial charge in [-0.05, 0) is 26.0 Å². The lowest BCUT2D eigenvalue weighted by Crippen LogP contribution is -2.34. The first kappa shape index (κ1) is 15.1. The van der Waals surface area contributed by atoms with Crippen LogP contribution in [0.25, 0.3) is 0 Å². The molecule has 0 aliphatic rings. The largest absolute Gasteiger partial charge is 0.387 e. The van der Waals surface area contributed by atoms with Gasteiger partial charge in [0.15, 0.2) is 0 Å². The first-order valence-electron chi connectivity index (χ1n) is 6.32. The van der Waals surface area contributed by atoms with Gasteiger partial charge in [0.2, 0.25) is 0 Å². The molecule has 0 spiro atoms. The number of benzene rings is 1. The molecular weight excluding hydrogens is 236 g/mol. The van der Waals surface area contributed by atoms with Gasteiger partial charge in [-0.15, -0.1) is 0 Å². The van der Waals surface area contributed by atoms with E-state index in [4.69, 9.17) is 0 Å². The molecule has 0 bridgehead atoms. The van der Waals surface area contributed by atoms with E-state index in [0.29, 0.717) is 12.6 Å². The van der Waals surface area contributed by atoms with Gasteiger partial charge < -0.3 is 10.0 Å². The number of aliphatic hydroxyl groups excluding tert-OH is 1. The van der Waals surface area contributed by atoms with Gasteiger partial charge in [-0.3, -0.25) is 0 Å². The van der Waals surface area contributed by atoms with Crippen molar-refractivity contribution in [2.75, 3.05) is 13.6 Å². The Kier molecular flexibility index (Phi) is 5.69. The fourth-order valence-electron chi connectivity index (χ4n) is 2.20. The second-order valence-electron chi connectivity index (χ2n) is 4.59. The van der Waals surface area contributed by atoms with Crippen molar-refractivity contribution < 1.29 is 13.9 Å². The Labute approximate surface area is 107 Å². The van der Waals surface area contributed by atoms with E-state index in [0.717, 1.165) is 18.9 Å². The lowest BCUT2D eigenvalue weighted by atomic mass is 10.1. The highest BCUT2D eigenvalue weighted by molar-refractivity contribution is 5.21. The summed E-state index contributed by atoms with van der Waals surface area (Å²) in [4.78, 5) is 2.01. The van der Waals surface area contributed by atoms with Crippen LogP contribution in [0.3, 0.4) is 0 Å². The SMILES string of the molecule is CCC(CC)N(C)CC(O)c1ccc(F)cc1F. The van der Waals surface area contributed by atoms with Crippen LogP contribution >= 0.6 is 0 Å². The summed E-state index contributed by atoms with van der Waals surface area (Å²) < 4.78 is 26.3. The summed E-state index contributed by atoms with van der Waals surface area (Å²) in [6.45, 7) is 4.50. The summed E-state index contributed by atoms with van der Waals surface area (Å²) in [5.74, 6) is -1.32. The fraction of sp³-hybridized carbons (Fsp3) is 0.571. The van der Waals surface area contributed by atoms with Crippen molar-refractivity contribution in [2.24, 2.45) is 0 Å². The third kappa shape index (κ3) is 3.75. The quantitative estimate of drug-likeness (QED) is 0.846. The van der Waals surface area contributed by atoms with Crippen molar-refractivity contribution in [1.29, 1.82) is 0 Å². The van der Waals surface area contributed by atoms with E-state index in [1.807, 2.05) is 11.9 Å². The molecule has 1 rings (SSSR count). The summed E-state index contributed by atoms with van der Waals surface area (Å²) in [5.41, 5.74) is 0.147. The predicted molar refractivity (Wildman–Crippen MR) is 68.3 cm³/mol. The first-order chi connectivity index (χ1) is 8.49. The Bertz CT molecular complexity index is 380. The number of rotatable bonds is 6. The Morgan fingerprint density at radius 2 is 1.83 bits per heavy atom. The zero-order valence-corrected chi connectivity index (χ0v) is 11.2. The lowest BCUT2D eigenvalue weighted by Gasteiger charge is -2.28. The van der Waals surface area contributed by atoms with E-state index in [1.165, 1.54) is 12.1 Å². The van der Waals surface area contributed by atoms with Crippen molar-refractivity contribution in [2.45, 2.75) is 38.8 Å². The average Bonchev–Trinajstić information content (AvgIpc) is 2.30. The zero-order chi connectivity index (χ0) is 13.7. The smallest absolute Gasteiger partial charge is 0.131 e. The summed E-state index contributed by atoms with van der Waals surface area (Å²) in [5, 5.41) is 10.00. The fourth-order valence-corrected chi connectivity index (χ4v) is 2.20. The third-order valence-electron chi connectivity index (χ3n) is 3.35. The van der Waals surface area contributed by atoms with Gasteiger partial charge in [0, 0.05) is 24.2 Å². The van der Waals surface area contributed by atoms with Crippen LogP contribution in [0.2, 0.25) is 0 Å². The average molecular weight is 257 g/mol. The first-order valence-corrected chi connectivity index (χ1v) is 6.32. The number of hydrogen-bond acceptors (Lipinski definition) is 2. The zero-order valence-electron chi connectivity index (χ0n) is 11.2. The minimum Gasteiger partial charge on any atom is -0.387 e. The van der Waals surface area contributed by atoms with Crippen molar-refractivity contribution in [3.05, 3.63) is 35.4 Å². The number of aliphatic hydroxyl groups is 1. The van der Waals surface area contributed by atoms with Crippen molar-refractivity contribution in [3.63, 3.8) is 0 Å². The minimum atomic E-state index is -0.934. The van der Waals surface area contributed by atoms with E-state index in [9.17, 15) is 13.9 Å². The van der Waals surface area contributed by atoms with Crippen LogP contribution in [0.1, 0.15) is 38.4 Å². The van der Waals surface area contributed by atoms with Crippen LogP contribution < -0.4 is 0 Å². The predicted octanol–water partition coefficient (Wildman–Crippen LogP) is 3.12. The molecule has 1 aromatic carbocycles. The molecular formula is C14H21F2NO. The number of likely N-dealkylation sites (N-methyl/N-ethyl adjacent to an activating group) is 1. The van der Waals surface area contributed by atoms with E-state index in [1.54, 1.807) is 0 Å². The molecule has 0 amide bonds. The van der Waals surface area contributed by atoms with Crippen LogP contribution in [0.15, 0.2) is 18.2 Å². The number of hydrogen-bond donors (Lipinski definition) is 1. The Morgan fingerprint density at radius 1 is 1.22 bits per heavy atom. The second-order valence-corrected chi connectivity index (χ2v) is 4.59. The van der Waals surface area contributed by atoms with Crippen LogP contribution in [0.5, 0.6) is 0 Å². The number of halogens is 2. The highest BCUT2D eigenvalue weighted by Gasteiger charge is 2.18. The molecule has 0 saturated carbocycles. The maximum absolute atomic E-state index is 13.5. The topological polar surface area (TPSA) is 23.5 Å². The minimum absolute atomic E-state index is 0.147. The van der Waals surface area contributed by atoms with Crippen molar-refractivity contribution in [1.82, 2.24) is 4.90 Å². The molecule has 0 heterocycles. The third-order valence-corrected chi connectivity index (χ3v) is 3.35. The summed E-state index contributed by atoms with van der Waals surface area (Å²) in [6.07, 6.45) is 1.02.